The summed E-state index contributed by atoms with van der Waals surface area (Å²) in [5, 5.41) is 3.29. The van der Waals surface area contributed by atoms with Crippen LogP contribution in [0.5, 0.6) is 0 Å². The molecule has 0 saturated carbocycles. The Hall–Kier alpha value is -5.23. The molecule has 3 aromatic heterocycles. The summed E-state index contributed by atoms with van der Waals surface area (Å²) in [5.41, 5.74) is 9.17. The summed E-state index contributed by atoms with van der Waals surface area (Å²) < 4.78 is 42.0. The number of esters is 1. The van der Waals surface area contributed by atoms with Gasteiger partial charge in [-0.05, 0) is 23.8 Å². The van der Waals surface area contributed by atoms with Crippen molar-refractivity contribution in [3.05, 3.63) is 108 Å². The summed E-state index contributed by atoms with van der Waals surface area (Å²) in [6, 6.07) is 20.7. The lowest BCUT2D eigenvalue weighted by Gasteiger charge is -2.16. The molecule has 0 saturated heterocycles. The number of fused-ring (bicyclic) bond motifs is 1. The van der Waals surface area contributed by atoms with Gasteiger partial charge in [0.15, 0.2) is 6.23 Å². The number of ether oxygens (including phenoxy) is 1. The molecule has 1 amide bonds. The van der Waals surface area contributed by atoms with Gasteiger partial charge in [-0.2, -0.15) is 13.2 Å². The van der Waals surface area contributed by atoms with E-state index in [1.165, 1.54) is 18.3 Å². The molecule has 0 aliphatic heterocycles. The van der Waals surface area contributed by atoms with Crippen LogP contribution in [0.3, 0.4) is 0 Å². The number of pyridine rings is 2. The van der Waals surface area contributed by atoms with E-state index >= 15 is 0 Å². The van der Waals surface area contributed by atoms with E-state index in [2.05, 4.69) is 25.0 Å². The number of hydrogen-bond acceptors (Lipinski definition) is 8. The van der Waals surface area contributed by atoms with Crippen LogP contribution < -0.4 is 11.1 Å². The van der Waals surface area contributed by atoms with Crippen molar-refractivity contribution >= 4 is 22.8 Å². The Labute approximate surface area is 231 Å². The number of carbonyl (C=O) groups is 2. The molecule has 9 nitrogen and oxygen atoms in total. The number of carbonyl (C=O) groups excluding carboxylic acids is 2. The molecule has 2 aromatic carbocycles. The fraction of sp³-hybridized carbons (Fsp3) is 0.103. The van der Waals surface area contributed by atoms with Crippen LogP contribution >= 0.6 is 0 Å². The summed E-state index contributed by atoms with van der Waals surface area (Å²) in [4.78, 5) is 41.6. The van der Waals surface area contributed by atoms with Crippen LogP contribution in [0.1, 0.15) is 28.1 Å². The third kappa shape index (κ3) is 6.17. The number of nitrogens with zero attached hydrogens (tertiary/aromatic N) is 4. The molecule has 5 rings (SSSR count). The largest absolute Gasteiger partial charge is 0.490 e. The standard InChI is InChI=1S/C29H21F3N6O3/c30-29(31,32)28(40)41-26(33)19-9-7-18(8-10-19)24-20(17-5-2-1-3-6-17)15-21-22(38-24)11-14-36-25(21)27(39)37-16-23-34-12-4-13-35-23/h1-15,26H,16,33H2,(H,37,39). The molecule has 0 bridgehead atoms. The second-order valence-electron chi connectivity index (χ2n) is 8.77. The minimum atomic E-state index is -5.16. The summed E-state index contributed by atoms with van der Waals surface area (Å²) in [7, 11) is 0. The summed E-state index contributed by atoms with van der Waals surface area (Å²) >= 11 is 0. The third-order valence-corrected chi connectivity index (χ3v) is 6.05. The van der Waals surface area contributed by atoms with Crippen molar-refractivity contribution in [2.45, 2.75) is 18.9 Å². The van der Waals surface area contributed by atoms with Crippen molar-refractivity contribution in [1.29, 1.82) is 0 Å². The topological polar surface area (TPSA) is 133 Å². The third-order valence-electron chi connectivity index (χ3n) is 6.05. The summed E-state index contributed by atoms with van der Waals surface area (Å²) in [6.45, 7) is 0.113. The van der Waals surface area contributed by atoms with Crippen LogP contribution in [0, 0.1) is 0 Å². The van der Waals surface area contributed by atoms with Crippen LogP contribution in [0.4, 0.5) is 13.2 Å². The molecule has 3 heterocycles. The molecule has 0 aliphatic carbocycles. The first-order chi connectivity index (χ1) is 19.7. The highest BCUT2D eigenvalue weighted by Crippen LogP contribution is 2.34. The second-order valence-corrected chi connectivity index (χ2v) is 8.77. The van der Waals surface area contributed by atoms with Gasteiger partial charge in [-0.3, -0.25) is 15.5 Å². The fourth-order valence-electron chi connectivity index (χ4n) is 4.08. The van der Waals surface area contributed by atoms with Crippen LogP contribution in [-0.4, -0.2) is 38.0 Å². The number of hydrogen-bond donors (Lipinski definition) is 2. The Bertz CT molecular complexity index is 1700. The van der Waals surface area contributed by atoms with Crippen LogP contribution in [-0.2, 0) is 16.1 Å². The van der Waals surface area contributed by atoms with Gasteiger partial charge in [0.1, 0.15) is 11.5 Å². The molecule has 206 valence electrons. The van der Waals surface area contributed by atoms with Gasteiger partial charge in [-0.1, -0.05) is 54.6 Å². The highest BCUT2D eigenvalue weighted by atomic mass is 19.4. The van der Waals surface area contributed by atoms with Gasteiger partial charge < -0.3 is 10.1 Å². The molecular formula is C29H21F3N6O3. The van der Waals surface area contributed by atoms with Gasteiger partial charge in [0, 0.05) is 40.7 Å². The van der Waals surface area contributed by atoms with E-state index in [1.54, 1.807) is 36.7 Å². The van der Waals surface area contributed by atoms with Crippen LogP contribution in [0.15, 0.2) is 91.4 Å². The van der Waals surface area contributed by atoms with E-state index in [0.717, 1.165) is 5.56 Å². The van der Waals surface area contributed by atoms with Crippen LogP contribution in [0.2, 0.25) is 0 Å². The zero-order chi connectivity index (χ0) is 29.0. The minimum Gasteiger partial charge on any atom is -0.436 e. The first kappa shape index (κ1) is 27.3. The Morgan fingerprint density at radius 2 is 1.59 bits per heavy atom. The molecule has 0 fully saturated rings. The molecule has 5 aromatic rings. The second kappa shape index (κ2) is 11.5. The van der Waals surface area contributed by atoms with Gasteiger partial charge in [-0.25, -0.2) is 19.7 Å². The Morgan fingerprint density at radius 1 is 0.878 bits per heavy atom. The normalized spacial score (nSPS) is 12.1. The van der Waals surface area contributed by atoms with E-state index in [1.807, 2.05) is 36.4 Å². The predicted octanol–water partition coefficient (Wildman–Crippen LogP) is 4.75. The molecule has 0 spiro atoms. The number of nitrogens with two attached hydrogens (primary N) is 1. The molecule has 0 radical (unpaired) electrons. The van der Waals surface area contributed by atoms with Crippen molar-refractivity contribution < 1.29 is 27.5 Å². The molecule has 1 unspecified atom stereocenters. The molecule has 12 heteroatoms. The fourth-order valence-corrected chi connectivity index (χ4v) is 4.08. The van der Waals surface area contributed by atoms with Crippen molar-refractivity contribution in [2.24, 2.45) is 5.73 Å². The number of halogens is 3. The lowest BCUT2D eigenvalue weighted by Crippen LogP contribution is -2.29. The first-order valence-electron chi connectivity index (χ1n) is 12.2. The Kier molecular flexibility index (Phi) is 7.66. The monoisotopic (exact) mass is 558 g/mol. The van der Waals surface area contributed by atoms with Gasteiger partial charge in [-0.15, -0.1) is 0 Å². The average molecular weight is 559 g/mol. The number of rotatable bonds is 7. The summed E-state index contributed by atoms with van der Waals surface area (Å²) in [5.74, 6) is -2.35. The maximum Gasteiger partial charge on any atom is 0.490 e. The van der Waals surface area contributed by atoms with Crippen molar-refractivity contribution in [3.63, 3.8) is 0 Å². The minimum absolute atomic E-state index is 0.113. The maximum absolute atomic E-state index is 13.1. The lowest BCUT2D eigenvalue weighted by atomic mass is 9.96. The molecule has 1 atom stereocenters. The quantitative estimate of drug-likeness (QED) is 0.216. The average Bonchev–Trinajstić information content (AvgIpc) is 2.99. The van der Waals surface area contributed by atoms with E-state index in [4.69, 9.17) is 10.7 Å². The van der Waals surface area contributed by atoms with Gasteiger partial charge >= 0.3 is 12.1 Å². The zero-order valence-electron chi connectivity index (χ0n) is 21.2. The molecule has 41 heavy (non-hydrogen) atoms. The van der Waals surface area contributed by atoms with E-state index < -0.39 is 24.3 Å². The van der Waals surface area contributed by atoms with E-state index in [-0.39, 0.29) is 17.8 Å². The molecular weight excluding hydrogens is 537 g/mol. The summed E-state index contributed by atoms with van der Waals surface area (Å²) in [6.07, 6.45) is -2.12. The van der Waals surface area contributed by atoms with Crippen LogP contribution in [0.25, 0.3) is 33.3 Å². The van der Waals surface area contributed by atoms with Crippen molar-refractivity contribution in [1.82, 2.24) is 25.3 Å². The molecule has 3 N–H and O–H groups in total. The smallest absolute Gasteiger partial charge is 0.436 e. The molecule has 0 aliphatic rings. The van der Waals surface area contributed by atoms with Gasteiger partial charge in [0.25, 0.3) is 5.91 Å². The highest BCUT2D eigenvalue weighted by molar-refractivity contribution is 6.06. The van der Waals surface area contributed by atoms with Crippen molar-refractivity contribution in [2.75, 3.05) is 0 Å². The van der Waals surface area contributed by atoms with Crippen molar-refractivity contribution in [3.8, 4) is 22.4 Å². The maximum atomic E-state index is 13.1. The number of amides is 1. The number of benzene rings is 2. The Morgan fingerprint density at radius 3 is 2.27 bits per heavy atom. The number of aromatic nitrogens is 4. The van der Waals surface area contributed by atoms with Gasteiger partial charge in [0.05, 0.1) is 17.8 Å². The lowest BCUT2D eigenvalue weighted by molar-refractivity contribution is -0.205. The zero-order valence-corrected chi connectivity index (χ0v) is 21.2. The van der Waals surface area contributed by atoms with Gasteiger partial charge in [0.2, 0.25) is 0 Å². The predicted molar refractivity (Wildman–Crippen MR) is 143 cm³/mol. The Balaban J connectivity index is 1.51. The highest BCUT2D eigenvalue weighted by Gasteiger charge is 2.42. The SMILES string of the molecule is NC(OC(=O)C(F)(F)F)c1ccc(-c2nc3ccnc(C(=O)NCc4ncccn4)c3cc2-c2ccccc2)cc1. The number of nitrogens with one attached hydrogen (secondary N) is 1. The van der Waals surface area contributed by atoms with E-state index in [9.17, 15) is 22.8 Å². The first-order valence-corrected chi connectivity index (χ1v) is 12.2. The number of alkyl halides is 3. The van der Waals surface area contributed by atoms with E-state index in [0.29, 0.717) is 33.5 Å².